The van der Waals surface area contributed by atoms with Crippen molar-refractivity contribution < 1.29 is 28.0 Å². The highest BCUT2D eigenvalue weighted by Crippen LogP contribution is 2.47. The smallest absolute Gasteiger partial charge is 0.259 e. The molecule has 0 bridgehead atoms. The third-order valence-electron chi connectivity index (χ3n) is 8.00. The minimum atomic E-state index is -1.46. The van der Waals surface area contributed by atoms with Gasteiger partial charge in [-0.15, -0.1) is 0 Å². The van der Waals surface area contributed by atoms with Crippen molar-refractivity contribution in [2.75, 3.05) is 13.2 Å². The summed E-state index contributed by atoms with van der Waals surface area (Å²) >= 11 is 0. The molecule has 3 aromatic rings. The summed E-state index contributed by atoms with van der Waals surface area (Å²) in [6, 6.07) is 33.0. The van der Waals surface area contributed by atoms with Gasteiger partial charge in [-0.2, -0.15) is 5.26 Å². The van der Waals surface area contributed by atoms with Crippen LogP contribution >= 0.6 is 8.53 Å². The Morgan fingerprint density at radius 3 is 1.55 bits per heavy atom. The molecule has 6 atom stereocenters. The van der Waals surface area contributed by atoms with Crippen molar-refractivity contribution in [3.63, 3.8) is 0 Å². The third kappa shape index (κ3) is 11.5. The fourth-order valence-electron chi connectivity index (χ4n) is 5.80. The molecule has 1 heterocycles. The van der Waals surface area contributed by atoms with Gasteiger partial charge in [0, 0.05) is 12.1 Å². The minimum absolute atomic E-state index is 0.182. The first-order valence-corrected chi connectivity index (χ1v) is 17.9. The molecule has 0 saturated carbocycles. The van der Waals surface area contributed by atoms with Crippen LogP contribution < -0.4 is 0 Å². The lowest BCUT2D eigenvalue weighted by molar-refractivity contribution is -0.269. The van der Waals surface area contributed by atoms with Crippen LogP contribution in [0.25, 0.3) is 0 Å². The predicted octanol–water partition coefficient (Wildman–Crippen LogP) is 8.21. The number of ether oxygens (including phenoxy) is 4. The summed E-state index contributed by atoms with van der Waals surface area (Å²) in [6.07, 6.45) is -0.991. The van der Waals surface area contributed by atoms with Crippen molar-refractivity contribution in [1.29, 1.82) is 5.26 Å². The van der Waals surface area contributed by atoms with Crippen LogP contribution in [0, 0.1) is 11.3 Å². The SMILES string of the molecule is CC[C@H]1O[C@@H](COP(OCCC#N)N(C(C)C)C(C)C)C(OCc2ccccc2)C(OCc2ccccc2)C1OCc1ccccc1. The van der Waals surface area contributed by atoms with E-state index >= 15 is 0 Å². The first-order chi connectivity index (χ1) is 22.9. The average molecular weight is 663 g/mol. The van der Waals surface area contributed by atoms with E-state index in [2.05, 4.69) is 81.8 Å². The number of hydrogen-bond donors (Lipinski definition) is 0. The molecular weight excluding hydrogens is 611 g/mol. The van der Waals surface area contributed by atoms with Gasteiger partial charge in [0.25, 0.3) is 8.53 Å². The maximum atomic E-state index is 9.18. The van der Waals surface area contributed by atoms with Gasteiger partial charge in [-0.25, -0.2) is 4.67 Å². The van der Waals surface area contributed by atoms with E-state index in [4.69, 9.17) is 28.0 Å². The molecule has 0 aliphatic carbocycles. The fraction of sp³-hybridized carbons (Fsp3) is 0.500. The molecule has 4 rings (SSSR count). The topological polar surface area (TPSA) is 82.4 Å². The Balaban J connectivity index is 1.64. The molecular formula is C38H51N2O6P. The molecule has 0 radical (unpaired) electrons. The molecule has 1 fully saturated rings. The summed E-state index contributed by atoms with van der Waals surface area (Å²) < 4.78 is 42.1. The summed E-state index contributed by atoms with van der Waals surface area (Å²) in [7, 11) is -1.46. The van der Waals surface area contributed by atoms with Crippen LogP contribution in [-0.4, -0.2) is 60.5 Å². The minimum Gasteiger partial charge on any atom is -0.368 e. The van der Waals surface area contributed by atoms with E-state index in [0.29, 0.717) is 32.8 Å². The van der Waals surface area contributed by atoms with Crippen molar-refractivity contribution >= 4 is 8.53 Å². The normalized spacial score (nSPS) is 22.1. The lowest BCUT2D eigenvalue weighted by Crippen LogP contribution is -2.61. The average Bonchev–Trinajstić information content (AvgIpc) is 3.09. The highest BCUT2D eigenvalue weighted by Gasteiger charge is 2.48. The maximum Gasteiger partial charge on any atom is 0.259 e. The van der Waals surface area contributed by atoms with Gasteiger partial charge in [0.1, 0.15) is 24.4 Å². The number of nitrogens with zero attached hydrogens (tertiary/aromatic N) is 2. The summed E-state index contributed by atoms with van der Waals surface area (Å²) in [5, 5.41) is 9.18. The number of benzene rings is 3. The Bertz CT molecular complexity index is 1300. The van der Waals surface area contributed by atoms with Crippen molar-refractivity contribution in [3.8, 4) is 6.07 Å². The number of hydrogen-bond acceptors (Lipinski definition) is 8. The molecule has 9 heteroatoms. The van der Waals surface area contributed by atoms with E-state index in [9.17, 15) is 5.26 Å². The third-order valence-corrected chi connectivity index (χ3v) is 10.1. The zero-order valence-corrected chi connectivity index (χ0v) is 29.3. The van der Waals surface area contributed by atoms with E-state index in [1.165, 1.54) is 0 Å². The van der Waals surface area contributed by atoms with Gasteiger partial charge < -0.3 is 28.0 Å². The van der Waals surface area contributed by atoms with Crippen LogP contribution in [0.4, 0.5) is 0 Å². The number of nitriles is 1. The van der Waals surface area contributed by atoms with E-state index in [0.717, 1.165) is 23.1 Å². The molecule has 0 N–H and O–H groups in total. The van der Waals surface area contributed by atoms with Crippen molar-refractivity contribution in [2.45, 2.75) is 110 Å². The lowest BCUT2D eigenvalue weighted by Gasteiger charge is -2.46. The van der Waals surface area contributed by atoms with Gasteiger partial charge >= 0.3 is 0 Å². The molecule has 1 aliphatic rings. The van der Waals surface area contributed by atoms with Gasteiger partial charge in [-0.1, -0.05) is 97.9 Å². The molecule has 1 saturated heterocycles. The second kappa shape index (κ2) is 20.0. The summed E-state index contributed by atoms with van der Waals surface area (Å²) in [5.74, 6) is 0. The van der Waals surface area contributed by atoms with Crippen molar-refractivity contribution in [3.05, 3.63) is 108 Å². The van der Waals surface area contributed by atoms with Gasteiger partial charge in [-0.3, -0.25) is 0 Å². The summed E-state index contributed by atoms with van der Waals surface area (Å²) in [6.45, 7) is 12.4. The molecule has 3 aromatic carbocycles. The quantitative estimate of drug-likeness (QED) is 0.0939. The zero-order valence-electron chi connectivity index (χ0n) is 28.4. The molecule has 1 aliphatic heterocycles. The van der Waals surface area contributed by atoms with E-state index in [1.807, 2.05) is 54.6 Å². The molecule has 47 heavy (non-hydrogen) atoms. The Hall–Kier alpha value is -2.70. The Kier molecular flexibility index (Phi) is 15.8. The summed E-state index contributed by atoms with van der Waals surface area (Å²) in [5.41, 5.74) is 3.21. The first-order valence-electron chi connectivity index (χ1n) is 16.7. The highest BCUT2D eigenvalue weighted by molar-refractivity contribution is 7.44. The van der Waals surface area contributed by atoms with Crippen LogP contribution in [0.1, 0.15) is 64.2 Å². The molecule has 0 amide bonds. The second-order valence-corrected chi connectivity index (χ2v) is 13.7. The van der Waals surface area contributed by atoms with Gasteiger partial charge in [-0.05, 0) is 50.8 Å². The monoisotopic (exact) mass is 662 g/mol. The van der Waals surface area contributed by atoms with Crippen molar-refractivity contribution in [2.24, 2.45) is 0 Å². The Labute approximate surface area is 282 Å². The van der Waals surface area contributed by atoms with Crippen LogP contribution in [-0.2, 0) is 47.8 Å². The van der Waals surface area contributed by atoms with Gasteiger partial charge in [0.05, 0.1) is 51.6 Å². The molecule has 254 valence electrons. The maximum absolute atomic E-state index is 9.18. The first kappa shape index (κ1) is 37.1. The van der Waals surface area contributed by atoms with Crippen LogP contribution in [0.5, 0.6) is 0 Å². The van der Waals surface area contributed by atoms with Crippen LogP contribution in [0.2, 0.25) is 0 Å². The standard InChI is InChI=1S/C38H51N2O6P/c1-6-34-36(41-25-31-17-10-7-11-18-31)38(43-27-33-21-14-9-15-22-33)37(42-26-32-19-12-8-13-20-32)35(46-34)28-45-47(44-24-16-23-39)40(29(2)3)30(4)5/h7-15,17-22,29-30,34-38H,6,16,24-28H2,1-5H3/t34-,35+,36?,37?,38?,47?/m1/s1. The predicted molar refractivity (Wildman–Crippen MR) is 185 cm³/mol. The molecule has 4 unspecified atom stereocenters. The van der Waals surface area contributed by atoms with Crippen LogP contribution in [0.3, 0.4) is 0 Å². The molecule has 8 nitrogen and oxygen atoms in total. The van der Waals surface area contributed by atoms with Gasteiger partial charge in [0.2, 0.25) is 0 Å². The number of rotatable bonds is 19. The largest absolute Gasteiger partial charge is 0.368 e. The van der Waals surface area contributed by atoms with Crippen molar-refractivity contribution in [1.82, 2.24) is 4.67 Å². The molecule has 0 spiro atoms. The summed E-state index contributed by atoms with van der Waals surface area (Å²) in [4.78, 5) is 0. The second-order valence-electron chi connectivity index (χ2n) is 12.2. The van der Waals surface area contributed by atoms with E-state index in [-0.39, 0.29) is 30.9 Å². The van der Waals surface area contributed by atoms with Gasteiger partial charge in [0.15, 0.2) is 0 Å². The zero-order chi connectivity index (χ0) is 33.4. The molecule has 0 aromatic heterocycles. The van der Waals surface area contributed by atoms with E-state index < -0.39 is 26.8 Å². The Morgan fingerprint density at radius 2 is 1.13 bits per heavy atom. The Morgan fingerprint density at radius 1 is 0.681 bits per heavy atom. The van der Waals surface area contributed by atoms with Crippen LogP contribution in [0.15, 0.2) is 91.0 Å². The highest BCUT2D eigenvalue weighted by atomic mass is 31.2. The lowest BCUT2D eigenvalue weighted by atomic mass is 9.93. The fourth-order valence-corrected chi connectivity index (χ4v) is 7.41. The van der Waals surface area contributed by atoms with E-state index in [1.54, 1.807) is 0 Å².